The van der Waals surface area contributed by atoms with Gasteiger partial charge in [0.05, 0.1) is 7.11 Å². The third kappa shape index (κ3) is 2.68. The summed E-state index contributed by atoms with van der Waals surface area (Å²) in [5, 5.41) is 3.42. The van der Waals surface area contributed by atoms with E-state index in [4.69, 9.17) is 4.74 Å². The van der Waals surface area contributed by atoms with Gasteiger partial charge >= 0.3 is 0 Å². The molecule has 1 aromatic heterocycles. The molecule has 0 aromatic carbocycles. The fraction of sp³-hybridized carbons (Fsp3) is 0.636. The highest BCUT2D eigenvalue weighted by Gasteiger charge is 2.17. The number of nitrogens with zero attached hydrogens (tertiary/aromatic N) is 3. The topological polar surface area (TPSA) is 50.3 Å². The average Bonchev–Trinajstić information content (AvgIpc) is 2.30. The van der Waals surface area contributed by atoms with E-state index < -0.39 is 0 Å². The average molecular weight is 222 g/mol. The minimum absolute atomic E-state index is 0.538. The Balaban J connectivity index is 2.02. The molecule has 0 amide bonds. The Morgan fingerprint density at radius 3 is 3.06 bits per heavy atom. The number of methoxy groups -OCH3 is 1. The summed E-state index contributed by atoms with van der Waals surface area (Å²) in [6, 6.07) is 0.538. The first-order valence-electron chi connectivity index (χ1n) is 5.59. The number of rotatable bonds is 3. The summed E-state index contributed by atoms with van der Waals surface area (Å²) in [6.45, 7) is 6.12. The Bertz CT molecular complexity index is 345. The second kappa shape index (κ2) is 5.23. The predicted octanol–water partition coefficient (Wildman–Crippen LogP) is 0.279. The first kappa shape index (κ1) is 11.3. The lowest BCUT2D eigenvalue weighted by Gasteiger charge is -2.31. The van der Waals surface area contributed by atoms with Crippen molar-refractivity contribution in [1.82, 2.24) is 20.2 Å². The maximum atomic E-state index is 5.20. The Hall–Kier alpha value is -1.20. The lowest BCUT2D eigenvalue weighted by atomic mass is 10.2. The molecular formula is C11H18N4O. The standard InChI is InChI=1S/C11H18N4O/c1-9-7-15(6-5-12-9)8-10-11(16-2)14-4-3-13-10/h3-4,9,12H,5-8H2,1-2H3. The molecule has 1 aliphatic rings. The minimum Gasteiger partial charge on any atom is -0.480 e. The molecule has 0 spiro atoms. The minimum atomic E-state index is 0.538. The van der Waals surface area contributed by atoms with Crippen LogP contribution >= 0.6 is 0 Å². The molecule has 88 valence electrons. The van der Waals surface area contributed by atoms with Gasteiger partial charge in [0.2, 0.25) is 5.88 Å². The molecule has 2 heterocycles. The van der Waals surface area contributed by atoms with E-state index in [1.165, 1.54) is 0 Å². The molecule has 16 heavy (non-hydrogen) atoms. The quantitative estimate of drug-likeness (QED) is 0.796. The zero-order valence-electron chi connectivity index (χ0n) is 9.81. The number of hydrogen-bond donors (Lipinski definition) is 1. The SMILES string of the molecule is COc1nccnc1CN1CCNC(C)C1. The van der Waals surface area contributed by atoms with Gasteiger partial charge in [-0.25, -0.2) is 4.98 Å². The van der Waals surface area contributed by atoms with Crippen molar-refractivity contribution in [1.29, 1.82) is 0 Å². The normalized spacial score (nSPS) is 22.0. The number of aromatic nitrogens is 2. The highest BCUT2D eigenvalue weighted by molar-refractivity contribution is 5.16. The van der Waals surface area contributed by atoms with Gasteiger partial charge in [0.15, 0.2) is 0 Å². The number of hydrogen-bond acceptors (Lipinski definition) is 5. The third-order valence-electron chi connectivity index (χ3n) is 2.76. The molecule has 0 aliphatic carbocycles. The summed E-state index contributed by atoms with van der Waals surface area (Å²) in [7, 11) is 1.63. The molecule has 1 N–H and O–H groups in total. The zero-order chi connectivity index (χ0) is 11.4. The van der Waals surface area contributed by atoms with Gasteiger partial charge in [0.1, 0.15) is 5.69 Å². The molecule has 1 aliphatic heterocycles. The van der Waals surface area contributed by atoms with E-state index in [9.17, 15) is 0 Å². The third-order valence-corrected chi connectivity index (χ3v) is 2.76. The second-order valence-corrected chi connectivity index (χ2v) is 4.10. The first-order chi connectivity index (χ1) is 7.79. The van der Waals surface area contributed by atoms with Gasteiger partial charge in [0.25, 0.3) is 0 Å². The summed E-state index contributed by atoms with van der Waals surface area (Å²) < 4.78 is 5.20. The van der Waals surface area contributed by atoms with E-state index in [0.29, 0.717) is 11.9 Å². The van der Waals surface area contributed by atoms with Crippen LogP contribution in [0, 0.1) is 0 Å². The smallest absolute Gasteiger partial charge is 0.236 e. The van der Waals surface area contributed by atoms with Crippen LogP contribution in [0.5, 0.6) is 5.88 Å². The lowest BCUT2D eigenvalue weighted by Crippen LogP contribution is -2.48. The van der Waals surface area contributed by atoms with Crippen LogP contribution in [0.1, 0.15) is 12.6 Å². The second-order valence-electron chi connectivity index (χ2n) is 4.10. The van der Waals surface area contributed by atoms with Gasteiger partial charge in [-0.1, -0.05) is 0 Å². The van der Waals surface area contributed by atoms with Crippen LogP contribution in [0.25, 0.3) is 0 Å². The summed E-state index contributed by atoms with van der Waals surface area (Å²) >= 11 is 0. The van der Waals surface area contributed by atoms with Gasteiger partial charge in [-0.05, 0) is 6.92 Å². The zero-order valence-corrected chi connectivity index (χ0v) is 9.81. The maximum Gasteiger partial charge on any atom is 0.236 e. The molecule has 0 bridgehead atoms. The lowest BCUT2D eigenvalue weighted by molar-refractivity contribution is 0.194. The molecule has 1 unspecified atom stereocenters. The van der Waals surface area contributed by atoms with Crippen LogP contribution in [0.4, 0.5) is 0 Å². The van der Waals surface area contributed by atoms with Crippen molar-refractivity contribution in [3.63, 3.8) is 0 Å². The molecule has 2 rings (SSSR count). The fourth-order valence-electron chi connectivity index (χ4n) is 2.00. The molecule has 5 heteroatoms. The van der Waals surface area contributed by atoms with Crippen molar-refractivity contribution < 1.29 is 4.74 Å². The molecule has 1 atom stereocenters. The van der Waals surface area contributed by atoms with Gasteiger partial charge in [-0.2, -0.15) is 0 Å². The fourth-order valence-corrected chi connectivity index (χ4v) is 2.00. The van der Waals surface area contributed by atoms with Crippen LogP contribution in [-0.4, -0.2) is 47.7 Å². The highest BCUT2D eigenvalue weighted by atomic mass is 16.5. The molecule has 1 fully saturated rings. The van der Waals surface area contributed by atoms with Gasteiger partial charge in [-0.3, -0.25) is 9.88 Å². The Kier molecular flexibility index (Phi) is 3.69. The summed E-state index contributed by atoms with van der Waals surface area (Å²) in [5.74, 6) is 0.633. The van der Waals surface area contributed by atoms with E-state index in [0.717, 1.165) is 31.9 Å². The van der Waals surface area contributed by atoms with E-state index in [1.807, 2.05) is 0 Å². The van der Waals surface area contributed by atoms with Crippen LogP contribution in [-0.2, 0) is 6.54 Å². The van der Waals surface area contributed by atoms with Crippen LogP contribution in [0.15, 0.2) is 12.4 Å². The van der Waals surface area contributed by atoms with E-state index in [-0.39, 0.29) is 0 Å². The molecule has 0 radical (unpaired) electrons. The highest BCUT2D eigenvalue weighted by Crippen LogP contribution is 2.14. The molecule has 1 aromatic rings. The van der Waals surface area contributed by atoms with Crippen molar-refractivity contribution >= 4 is 0 Å². The predicted molar refractivity (Wildman–Crippen MR) is 61.3 cm³/mol. The Morgan fingerprint density at radius 1 is 1.50 bits per heavy atom. The van der Waals surface area contributed by atoms with Crippen LogP contribution in [0.2, 0.25) is 0 Å². The molecule has 1 saturated heterocycles. The number of nitrogens with one attached hydrogen (secondary N) is 1. The number of ether oxygens (including phenoxy) is 1. The molecular weight excluding hydrogens is 204 g/mol. The van der Waals surface area contributed by atoms with E-state index >= 15 is 0 Å². The van der Waals surface area contributed by atoms with Crippen molar-refractivity contribution in [2.75, 3.05) is 26.7 Å². The Labute approximate surface area is 95.8 Å². The van der Waals surface area contributed by atoms with Crippen LogP contribution < -0.4 is 10.1 Å². The Morgan fingerprint density at radius 2 is 2.31 bits per heavy atom. The van der Waals surface area contributed by atoms with Gasteiger partial charge < -0.3 is 10.1 Å². The summed E-state index contributed by atoms with van der Waals surface area (Å²) in [4.78, 5) is 10.8. The summed E-state index contributed by atoms with van der Waals surface area (Å²) in [6.07, 6.45) is 3.37. The van der Waals surface area contributed by atoms with Crippen LogP contribution in [0.3, 0.4) is 0 Å². The van der Waals surface area contributed by atoms with Crippen molar-refractivity contribution in [2.24, 2.45) is 0 Å². The largest absolute Gasteiger partial charge is 0.480 e. The number of piperazine rings is 1. The molecule has 0 saturated carbocycles. The summed E-state index contributed by atoms with van der Waals surface area (Å²) in [5.41, 5.74) is 0.916. The molecule has 5 nitrogen and oxygen atoms in total. The van der Waals surface area contributed by atoms with Crippen molar-refractivity contribution in [3.8, 4) is 5.88 Å². The van der Waals surface area contributed by atoms with Crippen molar-refractivity contribution in [2.45, 2.75) is 19.5 Å². The van der Waals surface area contributed by atoms with Gasteiger partial charge in [0, 0.05) is 44.6 Å². The van der Waals surface area contributed by atoms with Crippen molar-refractivity contribution in [3.05, 3.63) is 18.1 Å². The monoisotopic (exact) mass is 222 g/mol. The van der Waals surface area contributed by atoms with E-state index in [2.05, 4.69) is 27.1 Å². The first-order valence-corrected chi connectivity index (χ1v) is 5.59. The van der Waals surface area contributed by atoms with E-state index in [1.54, 1.807) is 19.5 Å². The maximum absolute atomic E-state index is 5.20. The van der Waals surface area contributed by atoms with Gasteiger partial charge in [-0.15, -0.1) is 0 Å².